The van der Waals surface area contributed by atoms with Crippen LogP contribution < -0.4 is 64.5 Å². The minimum absolute atomic E-state index is 0.00169. The summed E-state index contributed by atoms with van der Waals surface area (Å²) in [4.78, 5) is 238. The molecule has 740 valence electrons. The second-order valence-electron chi connectivity index (χ2n) is 33.7. The van der Waals surface area contributed by atoms with Crippen molar-refractivity contribution < 1.29 is 121 Å². The Labute approximate surface area is 795 Å². The number of aromatic amines is 2. The molecule has 46 heteroatoms. The number of fused-ring (bicyclic) bond motifs is 7. The molecule has 5 aliphatic heterocycles. The van der Waals surface area contributed by atoms with Crippen LogP contribution in [0.25, 0.3) is 22.1 Å². The predicted octanol–water partition coefficient (Wildman–Crippen LogP) is 2.37. The number of aliphatic hydroxyl groups is 3. The number of nitrogens with zero attached hydrogens (tertiary/aromatic N) is 7. The Hall–Kier alpha value is -13.3. The van der Waals surface area contributed by atoms with Crippen LogP contribution >= 0.6 is 21.6 Å². The van der Waals surface area contributed by atoms with Crippen LogP contribution in [0, 0.1) is 29.1 Å². The smallest absolute Gasteiger partial charge is 0.426 e. The summed E-state index contributed by atoms with van der Waals surface area (Å²) in [6, 6.07) is 17.0. The van der Waals surface area contributed by atoms with Gasteiger partial charge in [0, 0.05) is 170 Å². The third-order valence-electron chi connectivity index (χ3n) is 25.3. The lowest BCUT2D eigenvalue weighted by molar-refractivity contribution is -0.204. The average Bonchev–Trinajstić information content (AvgIpc) is 1.48. The van der Waals surface area contributed by atoms with Gasteiger partial charge in [0.1, 0.15) is 36.6 Å². The number of nitrogen functional groups attached to an aromatic ring is 1. The minimum atomic E-state index is -2.54. The van der Waals surface area contributed by atoms with Crippen LogP contribution in [0.2, 0.25) is 0 Å². The number of hydrazine groups is 1. The number of H-pyrrole nitrogens is 2. The van der Waals surface area contributed by atoms with E-state index in [0.29, 0.717) is 157 Å². The Morgan fingerprint density at radius 2 is 1.45 bits per heavy atom. The molecule has 44 nitrogen and oxygen atoms in total. The maximum Gasteiger partial charge on any atom is 0.426 e. The highest BCUT2D eigenvalue weighted by molar-refractivity contribution is 8.76. The van der Waals surface area contributed by atoms with Crippen molar-refractivity contribution in [3.05, 3.63) is 123 Å². The highest BCUT2D eigenvalue weighted by Gasteiger charge is 2.79. The van der Waals surface area contributed by atoms with Gasteiger partial charge < -0.3 is 77.9 Å². The fraction of sp³-hybridized carbons (Fsp3) is 0.527. The maximum atomic E-state index is 15.1. The molecule has 3 aromatic heterocycles. The van der Waals surface area contributed by atoms with Crippen molar-refractivity contribution >= 4 is 151 Å². The van der Waals surface area contributed by atoms with Crippen LogP contribution in [0.1, 0.15) is 163 Å². The number of aromatic nitrogens is 5. The number of amides is 5. The summed E-state index contributed by atoms with van der Waals surface area (Å²) in [5.74, 6) is -1.72. The van der Waals surface area contributed by atoms with E-state index in [-0.39, 0.29) is 139 Å². The number of piperidine rings is 1. The maximum absolute atomic E-state index is 15.1. The first-order valence-corrected chi connectivity index (χ1v) is 46.5. The molecule has 137 heavy (non-hydrogen) atoms. The second kappa shape index (κ2) is 53.8. The summed E-state index contributed by atoms with van der Waals surface area (Å²) in [5.41, 5.74) is 21.2. The van der Waals surface area contributed by atoms with Crippen molar-refractivity contribution in [2.24, 2.45) is 45.5 Å². The van der Waals surface area contributed by atoms with E-state index < -0.39 is 75.2 Å². The Morgan fingerprint density at radius 1 is 0.781 bits per heavy atom. The molecule has 2 saturated heterocycles. The van der Waals surface area contributed by atoms with Gasteiger partial charge in [0.2, 0.25) is 17.8 Å². The number of aliphatic imine (C=N–C) groups is 1. The normalized spacial score (nSPS) is 22.1. The highest BCUT2D eigenvalue weighted by atomic mass is 33.1. The molecular formula is C91H118N18O26S2. The first kappa shape index (κ1) is 112. The molecular weight excluding hydrogens is 1830 g/mol. The molecule has 1 aliphatic carbocycles. The van der Waals surface area contributed by atoms with Crippen molar-refractivity contribution in [3.8, 4) is 5.75 Å². The number of anilines is 3. The monoisotopic (exact) mass is 1940 g/mol. The SMILES string of the molecule is CC[C@]1(O)C[C@H]2CN(CCc3c([nH]c4ccccc34)[C@@](COC=O)(c3cc4c(cc3OC)N(C)[C@H]3[C@@](O)(C(=O)NNC(=O)OCCSSCCCC(=O)[C@H](C)NC(=O)[C@H](C)CC(=O)[C@@H](C)CCCN=C(N)N)[C@H](O)[C@]5(CC)C=CCN6CC[C@]43[C@@H]65)C2)C1.CNC(=O)[C@H](C)CC(=O)CCCNC(=O)c1ccc(NCc2cnc3nc(N)[nH]c(=O)c3n2)cc1.O=C=O.O=C=O.O=C=O.O=C=O.O=C=O. The number of para-hydroxylation sites is 1. The number of Topliss-reactive ketones (excluding diaryl/α,β-unsaturated/α-hetero) is 3. The molecule has 6 aliphatic rings. The third-order valence-corrected chi connectivity index (χ3v) is 27.8. The fourth-order valence-electron chi connectivity index (χ4n) is 19.3. The van der Waals surface area contributed by atoms with Gasteiger partial charge >= 0.3 is 36.9 Å². The molecule has 1 saturated carbocycles. The summed E-state index contributed by atoms with van der Waals surface area (Å²) in [6.07, 6.45) is 10.3. The van der Waals surface area contributed by atoms with Crippen molar-refractivity contribution in [3.63, 3.8) is 0 Å². The number of likely N-dealkylation sites (N-methyl/N-ethyl adjacent to an activating group) is 1. The lowest BCUT2D eigenvalue weighted by Gasteiger charge is -2.63. The number of hydrogen-bond donors (Lipinski definition) is 14. The lowest BCUT2D eigenvalue weighted by atomic mass is 9.47. The van der Waals surface area contributed by atoms with Gasteiger partial charge in [-0.2, -0.15) is 52.9 Å². The van der Waals surface area contributed by atoms with E-state index in [4.69, 9.17) is 79.4 Å². The van der Waals surface area contributed by atoms with Crippen LogP contribution in [0.3, 0.4) is 0 Å². The number of benzene rings is 3. The molecule has 1 spiro atoms. The van der Waals surface area contributed by atoms with E-state index in [1.54, 1.807) is 59.2 Å². The van der Waals surface area contributed by atoms with E-state index in [1.807, 2.05) is 63.1 Å². The Morgan fingerprint density at radius 3 is 2.10 bits per heavy atom. The molecule has 3 fully saturated rings. The van der Waals surface area contributed by atoms with Crippen LogP contribution in [-0.2, 0) is 115 Å². The Kier molecular flexibility index (Phi) is 44.2. The molecule has 0 radical (unpaired) electrons. The van der Waals surface area contributed by atoms with Gasteiger partial charge in [0.15, 0.2) is 28.5 Å². The zero-order valence-corrected chi connectivity index (χ0v) is 79.1. The molecule has 12 rings (SSSR count). The van der Waals surface area contributed by atoms with E-state index in [1.165, 1.54) is 27.8 Å². The van der Waals surface area contributed by atoms with E-state index in [2.05, 4.69) is 90.0 Å². The quantitative estimate of drug-likeness (QED) is 0.00506. The van der Waals surface area contributed by atoms with E-state index in [0.717, 1.165) is 45.5 Å². The van der Waals surface area contributed by atoms with Crippen molar-refractivity contribution in [1.82, 2.24) is 61.5 Å². The number of nitrogens with two attached hydrogens (primary N) is 3. The zero-order chi connectivity index (χ0) is 102. The summed E-state index contributed by atoms with van der Waals surface area (Å²) < 4.78 is 17.9. The largest absolute Gasteiger partial charge is 0.496 e. The van der Waals surface area contributed by atoms with Gasteiger partial charge in [-0.15, -0.1) is 0 Å². The van der Waals surface area contributed by atoms with Crippen LogP contribution in [0.4, 0.5) is 22.1 Å². The molecule has 3 aromatic carbocycles. The number of methoxy groups -OCH3 is 1. The first-order chi connectivity index (χ1) is 65.4. The molecule has 2 bridgehead atoms. The van der Waals surface area contributed by atoms with E-state index >= 15 is 4.79 Å². The summed E-state index contributed by atoms with van der Waals surface area (Å²) in [7, 11) is 7.90. The minimum Gasteiger partial charge on any atom is -0.496 e. The molecule has 14 atom stereocenters. The van der Waals surface area contributed by atoms with Crippen molar-refractivity contribution in [1.29, 1.82) is 0 Å². The number of ether oxygens (including phenoxy) is 3. The highest BCUT2D eigenvalue weighted by Crippen LogP contribution is 2.68. The second-order valence-corrected chi connectivity index (χ2v) is 36.5. The number of rotatable bonds is 37. The molecule has 8 heterocycles. The Balaban J connectivity index is 0.000000474. The number of nitrogens with one attached hydrogen (secondary N) is 8. The van der Waals surface area contributed by atoms with Gasteiger partial charge in [0.05, 0.1) is 48.6 Å². The first-order valence-electron chi connectivity index (χ1n) is 44.0. The summed E-state index contributed by atoms with van der Waals surface area (Å²) >= 11 is 0. The van der Waals surface area contributed by atoms with Crippen molar-refractivity contribution in [2.75, 3.05) is 108 Å². The molecule has 1 unspecified atom stereocenters. The number of carbonyl (C=O) groups is 9. The van der Waals surface area contributed by atoms with Crippen LogP contribution in [0.5, 0.6) is 5.75 Å². The average molecular weight is 1940 g/mol. The topological polar surface area (TPSA) is 672 Å². The molecule has 5 amide bonds. The van der Waals surface area contributed by atoms with Crippen LogP contribution in [0.15, 0.2) is 88.8 Å². The number of hydrogen-bond acceptors (Lipinski definition) is 37. The van der Waals surface area contributed by atoms with Gasteiger partial charge in [-0.3, -0.25) is 68.4 Å². The molecule has 6 aromatic rings. The summed E-state index contributed by atoms with van der Waals surface area (Å²) in [6.45, 7) is 15.5. The van der Waals surface area contributed by atoms with Crippen LogP contribution in [-0.4, -0.2) is 267 Å². The lowest BCUT2D eigenvalue weighted by Crippen LogP contribution is -2.82. The predicted molar refractivity (Wildman–Crippen MR) is 492 cm³/mol. The summed E-state index contributed by atoms with van der Waals surface area (Å²) in [5, 5.41) is 50.9. The number of carbonyl (C=O) groups excluding carboxylic acids is 19. The Bertz CT molecular complexity index is 5430. The third kappa shape index (κ3) is 28.2. The fourth-order valence-corrected chi connectivity index (χ4v) is 21.2. The number of ketones is 3. The van der Waals surface area contributed by atoms with Gasteiger partial charge in [0.25, 0.3) is 23.8 Å². The van der Waals surface area contributed by atoms with Gasteiger partial charge in [-0.1, -0.05) is 86.6 Å². The number of aliphatic hydroxyl groups excluding tert-OH is 1. The van der Waals surface area contributed by atoms with E-state index in [9.17, 15) is 58.5 Å². The standard InChI is InChI=1S/C63H90N10O12S2.C23H28N8O4.5CO2/c1-8-59(81)32-41-33-61(36-84-37-74,51-43(19-24-72(34-41)35-59)42-16-10-11-17-46(42)68-51)45-30-44-47(31-50(45)83-7)71(6)54-62(44)21-25-73-23-14-20-60(9-2,53(62)73)55(78)63(54,82)56(79)69-70-58(80)85-26-28-87-86-27-13-18-48(75)40(5)67-52(77)39(4)29-49(76)38(3)15-12-22-66-57(64)65;1-13(20(33)25-2)10-17(32)4-3-9-26-21(34)14-5-7-15(8-6-14)27-11-16-12-28-19-18(29-16)22(35)31-23(24)30-19;5*2-1-3/h10-11,14,16-17,20,30-31,37-41,53-55,68,78,81-82H,8-9,12-13,15,18-19,21-29,32-36H2,1-7H3,(H,67,77)(H,69,79)(H,70,80)(H4,64,65,66);5-8,12-13,27H,3-4,9-11H2,1-2H3,(H,25,33)(H,26,34)(H3,24,28,30,31,35);;;;;/t38-,39+,40-,41+,53-,54+,55+,59-,60+,61-,62+,63-;13-;;;;;/m01...../s1. The zero-order valence-electron chi connectivity index (χ0n) is 77.5. The van der Waals surface area contributed by atoms with Gasteiger partial charge in [-0.25, -0.2) is 20.2 Å². The molecule has 17 N–H and O–H groups in total. The number of guanidine groups is 1. The van der Waals surface area contributed by atoms with Crippen molar-refractivity contribution in [2.45, 2.75) is 184 Å². The van der Waals surface area contributed by atoms with Gasteiger partial charge in [-0.05, 0) is 131 Å².